The molecule has 0 saturated carbocycles. The summed E-state index contributed by atoms with van der Waals surface area (Å²) in [5, 5.41) is 30.8. The molecular formula is C17H15NO6. The lowest BCUT2D eigenvalue weighted by Crippen LogP contribution is -2.25. The van der Waals surface area contributed by atoms with Crippen LogP contribution in [0, 0.1) is 0 Å². The molecule has 0 radical (unpaired) electrons. The van der Waals surface area contributed by atoms with Gasteiger partial charge in [0.25, 0.3) is 0 Å². The lowest BCUT2D eigenvalue weighted by molar-refractivity contribution is -0.131. The van der Waals surface area contributed by atoms with Crippen molar-refractivity contribution in [1.82, 2.24) is 4.57 Å². The first kappa shape index (κ1) is 14.8. The molecule has 24 heavy (non-hydrogen) atoms. The van der Waals surface area contributed by atoms with E-state index in [4.69, 9.17) is 9.47 Å². The van der Waals surface area contributed by atoms with Crippen molar-refractivity contribution in [2.45, 2.75) is 18.6 Å². The standard InChI is InChI=1S/C17H15NO6/c1-9(20)23-11-4-2-10(3-5-11)18-15(21)13-12-6-7-17(8-19,24-12)14(13)16(18)22/h2-7,12,19,21-22H,8H2,1H3. The smallest absolute Gasteiger partial charge is 0.308 e. The molecule has 1 aromatic carbocycles. The zero-order valence-electron chi connectivity index (χ0n) is 12.8. The Morgan fingerprint density at radius 2 is 2.00 bits per heavy atom. The van der Waals surface area contributed by atoms with Crippen LogP contribution < -0.4 is 4.74 Å². The van der Waals surface area contributed by atoms with Crippen molar-refractivity contribution >= 4 is 5.97 Å². The van der Waals surface area contributed by atoms with Gasteiger partial charge in [-0.3, -0.25) is 9.36 Å². The molecule has 4 rings (SSSR count). The van der Waals surface area contributed by atoms with Crippen LogP contribution in [0.15, 0.2) is 36.4 Å². The van der Waals surface area contributed by atoms with Gasteiger partial charge in [-0.25, -0.2) is 0 Å². The molecule has 0 spiro atoms. The van der Waals surface area contributed by atoms with Gasteiger partial charge in [0.1, 0.15) is 17.5 Å². The number of carbonyl (C=O) groups is 1. The third-order valence-electron chi connectivity index (χ3n) is 4.33. The van der Waals surface area contributed by atoms with Crippen LogP contribution in [0.2, 0.25) is 0 Å². The Morgan fingerprint density at radius 3 is 2.62 bits per heavy atom. The number of ether oxygens (including phenoxy) is 2. The van der Waals surface area contributed by atoms with Gasteiger partial charge in [0.2, 0.25) is 11.8 Å². The lowest BCUT2D eigenvalue weighted by Gasteiger charge is -2.21. The van der Waals surface area contributed by atoms with Gasteiger partial charge in [0.15, 0.2) is 0 Å². The van der Waals surface area contributed by atoms with Gasteiger partial charge >= 0.3 is 5.97 Å². The van der Waals surface area contributed by atoms with E-state index < -0.39 is 17.7 Å². The Hall–Kier alpha value is -2.77. The van der Waals surface area contributed by atoms with E-state index in [1.807, 2.05) is 0 Å². The highest BCUT2D eigenvalue weighted by Gasteiger charge is 2.52. The fraction of sp³-hybridized carbons (Fsp3) is 0.235. The number of nitrogens with zero attached hydrogens (tertiary/aromatic N) is 1. The zero-order valence-corrected chi connectivity index (χ0v) is 12.8. The van der Waals surface area contributed by atoms with Crippen molar-refractivity contribution in [2.24, 2.45) is 0 Å². The molecular weight excluding hydrogens is 314 g/mol. The molecule has 0 fully saturated rings. The van der Waals surface area contributed by atoms with Crippen LogP contribution in [-0.4, -0.2) is 32.5 Å². The molecule has 2 aliphatic rings. The third-order valence-corrected chi connectivity index (χ3v) is 4.33. The van der Waals surface area contributed by atoms with Gasteiger partial charge in [-0.05, 0) is 30.3 Å². The zero-order chi connectivity index (χ0) is 17.1. The van der Waals surface area contributed by atoms with Crippen LogP contribution in [0.3, 0.4) is 0 Å². The largest absolute Gasteiger partial charge is 0.494 e. The number of esters is 1. The van der Waals surface area contributed by atoms with Gasteiger partial charge < -0.3 is 24.8 Å². The maximum atomic E-state index is 11.0. The van der Waals surface area contributed by atoms with Crippen molar-refractivity contribution in [3.05, 3.63) is 47.5 Å². The SMILES string of the molecule is CC(=O)Oc1ccc(-n2c(O)c3c(c2O)C2(CO)C=CC3O2)cc1. The Labute approximate surface area is 137 Å². The highest BCUT2D eigenvalue weighted by Crippen LogP contribution is 2.58. The fourth-order valence-corrected chi connectivity index (χ4v) is 3.34. The van der Waals surface area contributed by atoms with Crippen molar-refractivity contribution in [3.8, 4) is 23.2 Å². The number of aliphatic hydroxyl groups excluding tert-OH is 1. The van der Waals surface area contributed by atoms with E-state index in [-0.39, 0.29) is 18.4 Å². The second-order valence-corrected chi connectivity index (χ2v) is 5.80. The number of carbonyl (C=O) groups excluding carboxylic acids is 1. The molecule has 0 amide bonds. The van der Waals surface area contributed by atoms with E-state index in [9.17, 15) is 20.1 Å². The first-order valence-corrected chi connectivity index (χ1v) is 7.41. The molecule has 2 bridgehead atoms. The Bertz CT molecular complexity index is 866. The second-order valence-electron chi connectivity index (χ2n) is 5.80. The molecule has 0 saturated heterocycles. The summed E-state index contributed by atoms with van der Waals surface area (Å²) in [6.45, 7) is 0.967. The van der Waals surface area contributed by atoms with Crippen LogP contribution in [-0.2, 0) is 15.1 Å². The summed E-state index contributed by atoms with van der Waals surface area (Å²) in [7, 11) is 0. The van der Waals surface area contributed by atoms with Crippen molar-refractivity contribution in [2.75, 3.05) is 6.61 Å². The number of rotatable bonds is 3. The lowest BCUT2D eigenvalue weighted by atomic mass is 9.90. The number of fused-ring (bicyclic) bond motifs is 5. The summed E-state index contributed by atoms with van der Waals surface area (Å²) in [5.74, 6) is -0.407. The summed E-state index contributed by atoms with van der Waals surface area (Å²) in [5.41, 5.74) is 0.194. The molecule has 3 heterocycles. The summed E-state index contributed by atoms with van der Waals surface area (Å²) in [6, 6.07) is 6.33. The molecule has 2 atom stereocenters. The Balaban J connectivity index is 1.80. The number of benzene rings is 1. The summed E-state index contributed by atoms with van der Waals surface area (Å²) < 4.78 is 11.9. The van der Waals surface area contributed by atoms with Crippen molar-refractivity contribution in [1.29, 1.82) is 0 Å². The average molecular weight is 329 g/mol. The third kappa shape index (κ3) is 1.82. The molecule has 124 valence electrons. The monoisotopic (exact) mass is 329 g/mol. The van der Waals surface area contributed by atoms with Crippen LogP contribution in [0.4, 0.5) is 0 Å². The normalized spacial score (nSPS) is 23.5. The van der Waals surface area contributed by atoms with Crippen molar-refractivity contribution < 1.29 is 29.6 Å². The van der Waals surface area contributed by atoms with Gasteiger partial charge in [-0.2, -0.15) is 0 Å². The maximum absolute atomic E-state index is 11.0. The minimum atomic E-state index is -1.12. The highest BCUT2D eigenvalue weighted by atomic mass is 16.5. The fourth-order valence-electron chi connectivity index (χ4n) is 3.34. The summed E-state index contributed by atoms with van der Waals surface area (Å²) >= 11 is 0. The quantitative estimate of drug-likeness (QED) is 0.450. The first-order valence-electron chi connectivity index (χ1n) is 7.41. The molecule has 3 N–H and O–H groups in total. The summed E-state index contributed by atoms with van der Waals surface area (Å²) in [4.78, 5) is 11.0. The van der Waals surface area contributed by atoms with Crippen molar-refractivity contribution in [3.63, 3.8) is 0 Å². The van der Waals surface area contributed by atoms with E-state index in [1.54, 1.807) is 36.4 Å². The number of hydrogen-bond donors (Lipinski definition) is 3. The predicted molar refractivity (Wildman–Crippen MR) is 82.1 cm³/mol. The van der Waals surface area contributed by atoms with Crippen LogP contribution >= 0.6 is 0 Å². The minimum Gasteiger partial charge on any atom is -0.494 e. The van der Waals surface area contributed by atoms with Crippen LogP contribution in [0.1, 0.15) is 24.2 Å². The van der Waals surface area contributed by atoms with E-state index in [1.165, 1.54) is 11.5 Å². The van der Waals surface area contributed by atoms with Crippen LogP contribution in [0.25, 0.3) is 5.69 Å². The topological polar surface area (TPSA) is 101 Å². The van der Waals surface area contributed by atoms with Gasteiger partial charge in [0.05, 0.1) is 23.4 Å². The molecule has 2 unspecified atom stereocenters. The highest BCUT2D eigenvalue weighted by molar-refractivity contribution is 5.69. The van der Waals surface area contributed by atoms with E-state index in [2.05, 4.69) is 0 Å². The number of aromatic nitrogens is 1. The van der Waals surface area contributed by atoms with Gasteiger partial charge in [0, 0.05) is 6.92 Å². The average Bonchev–Trinajstić information content (AvgIpc) is 3.19. The van der Waals surface area contributed by atoms with Crippen LogP contribution in [0.5, 0.6) is 17.5 Å². The first-order chi connectivity index (χ1) is 11.5. The molecule has 7 nitrogen and oxygen atoms in total. The minimum absolute atomic E-state index is 0.146. The van der Waals surface area contributed by atoms with Gasteiger partial charge in [-0.15, -0.1) is 0 Å². The molecule has 2 aromatic rings. The molecule has 0 aliphatic carbocycles. The second kappa shape index (κ2) is 4.86. The predicted octanol–water partition coefficient (Wildman–Crippen LogP) is 1.64. The number of hydrogen-bond acceptors (Lipinski definition) is 6. The molecule has 2 aliphatic heterocycles. The Kier molecular flexibility index (Phi) is 3.00. The van der Waals surface area contributed by atoms with Gasteiger partial charge in [-0.1, -0.05) is 6.08 Å². The molecule has 7 heteroatoms. The van der Waals surface area contributed by atoms with E-state index in [0.717, 1.165) is 0 Å². The number of aliphatic hydroxyl groups is 1. The maximum Gasteiger partial charge on any atom is 0.308 e. The molecule has 1 aromatic heterocycles. The Morgan fingerprint density at radius 1 is 1.29 bits per heavy atom. The number of aromatic hydroxyl groups is 2. The van der Waals surface area contributed by atoms with E-state index >= 15 is 0 Å². The summed E-state index contributed by atoms with van der Waals surface area (Å²) in [6.07, 6.45) is 2.93. The van der Waals surface area contributed by atoms with E-state index in [0.29, 0.717) is 22.6 Å².